The third-order valence-electron chi connectivity index (χ3n) is 7.30. The lowest BCUT2D eigenvalue weighted by molar-refractivity contribution is -0.154. The predicted octanol–water partition coefficient (Wildman–Crippen LogP) is 4.91. The van der Waals surface area contributed by atoms with Crippen LogP contribution in [0.3, 0.4) is 0 Å². The highest BCUT2D eigenvalue weighted by Gasteiger charge is 2.18. The van der Waals surface area contributed by atoms with Crippen molar-refractivity contribution in [2.45, 2.75) is 0 Å². The lowest BCUT2D eigenvalue weighted by Gasteiger charge is -2.09. The molecular formula is C38H26O12. The van der Waals surface area contributed by atoms with Crippen LogP contribution in [0.25, 0.3) is 21.9 Å². The number of hydrogen-bond donors (Lipinski definition) is 0. The van der Waals surface area contributed by atoms with Crippen molar-refractivity contribution in [3.05, 3.63) is 152 Å². The van der Waals surface area contributed by atoms with E-state index in [-0.39, 0.29) is 47.0 Å². The molecule has 0 bridgehead atoms. The maximum absolute atomic E-state index is 12.7. The van der Waals surface area contributed by atoms with Crippen LogP contribution in [0, 0.1) is 0 Å². The zero-order chi connectivity index (χ0) is 35.0. The van der Waals surface area contributed by atoms with Crippen LogP contribution in [0.15, 0.2) is 128 Å². The van der Waals surface area contributed by atoms with E-state index in [4.69, 9.17) is 27.8 Å². The number of rotatable bonds is 13. The second-order valence-corrected chi connectivity index (χ2v) is 10.7. The van der Waals surface area contributed by atoms with Gasteiger partial charge in [-0.3, -0.25) is 9.59 Å². The summed E-state index contributed by atoms with van der Waals surface area (Å²) < 4.78 is 31.6. The van der Waals surface area contributed by atoms with Crippen molar-refractivity contribution < 1.29 is 47.0 Å². The van der Waals surface area contributed by atoms with Crippen LogP contribution >= 0.6 is 0 Å². The fourth-order valence-corrected chi connectivity index (χ4v) is 4.85. The van der Waals surface area contributed by atoms with E-state index in [1.54, 1.807) is 84.9 Å². The summed E-state index contributed by atoms with van der Waals surface area (Å²) >= 11 is 0. The van der Waals surface area contributed by atoms with Gasteiger partial charge in [0.2, 0.25) is 0 Å². The fourth-order valence-electron chi connectivity index (χ4n) is 4.85. The molecule has 4 aromatic carbocycles. The number of benzene rings is 4. The first-order valence-electron chi connectivity index (χ1n) is 15.2. The Hall–Kier alpha value is -6.82. The molecule has 0 radical (unpaired) electrons. The summed E-state index contributed by atoms with van der Waals surface area (Å²) in [4.78, 5) is 74.7. The minimum absolute atomic E-state index is 0.107. The topological polar surface area (TPSA) is 166 Å². The monoisotopic (exact) mass is 674 g/mol. The summed E-state index contributed by atoms with van der Waals surface area (Å²) in [7, 11) is 0. The summed E-state index contributed by atoms with van der Waals surface area (Å²) in [6, 6.07) is 28.7. The summed E-state index contributed by atoms with van der Waals surface area (Å²) in [5, 5.41) is 0.977. The van der Waals surface area contributed by atoms with Crippen LogP contribution in [0.1, 0.15) is 31.8 Å². The molecule has 2 aromatic heterocycles. The van der Waals surface area contributed by atoms with E-state index in [2.05, 4.69) is 0 Å². The predicted molar refractivity (Wildman–Crippen MR) is 178 cm³/mol. The second-order valence-electron chi connectivity index (χ2n) is 10.7. The molecule has 0 aliphatic heterocycles. The highest BCUT2D eigenvalue weighted by molar-refractivity contribution is 6.10. The van der Waals surface area contributed by atoms with Gasteiger partial charge in [-0.05, 0) is 36.4 Å². The first-order valence-corrected chi connectivity index (χ1v) is 15.2. The number of ketones is 2. The molecule has 12 nitrogen and oxygen atoms in total. The van der Waals surface area contributed by atoms with Gasteiger partial charge in [-0.15, -0.1) is 0 Å². The van der Waals surface area contributed by atoms with Crippen molar-refractivity contribution in [2.24, 2.45) is 0 Å². The molecule has 0 aliphatic carbocycles. The number of esters is 2. The Balaban J connectivity index is 0.934. The quantitative estimate of drug-likeness (QED) is 0.0705. The number of carbonyl (C=O) groups is 4. The Morgan fingerprint density at radius 3 is 1.30 bits per heavy atom. The third-order valence-corrected chi connectivity index (χ3v) is 7.30. The Morgan fingerprint density at radius 2 is 0.900 bits per heavy atom. The van der Waals surface area contributed by atoms with Crippen LogP contribution in [0.2, 0.25) is 0 Å². The SMILES string of the molecule is O=C(COc1ccc2cc(C(=O)c3ccccc3)c(=O)oc2c1)OCCOC(=O)COc1ccc2cc(C(=O)c3ccccc3)c(=O)oc2c1. The summed E-state index contributed by atoms with van der Waals surface area (Å²) in [5.74, 6) is -1.96. The Bertz CT molecular complexity index is 2170. The van der Waals surface area contributed by atoms with Crippen LogP contribution < -0.4 is 20.7 Å². The van der Waals surface area contributed by atoms with Gasteiger partial charge in [-0.2, -0.15) is 0 Å². The van der Waals surface area contributed by atoms with Gasteiger partial charge in [0, 0.05) is 34.0 Å². The first-order chi connectivity index (χ1) is 24.2. The van der Waals surface area contributed by atoms with Gasteiger partial charge in [-0.1, -0.05) is 60.7 Å². The van der Waals surface area contributed by atoms with E-state index in [9.17, 15) is 28.8 Å². The fraction of sp³-hybridized carbons (Fsp3) is 0.105. The zero-order valence-electron chi connectivity index (χ0n) is 26.1. The molecular weight excluding hydrogens is 648 g/mol. The minimum atomic E-state index is -0.805. The van der Waals surface area contributed by atoms with E-state index in [1.807, 2.05) is 0 Å². The number of fused-ring (bicyclic) bond motifs is 2. The molecule has 0 amide bonds. The largest absolute Gasteiger partial charge is 0.482 e. The highest BCUT2D eigenvalue weighted by atomic mass is 16.6. The molecule has 12 heteroatoms. The van der Waals surface area contributed by atoms with Gasteiger partial charge < -0.3 is 27.8 Å². The highest BCUT2D eigenvalue weighted by Crippen LogP contribution is 2.23. The van der Waals surface area contributed by atoms with E-state index >= 15 is 0 Å². The molecule has 0 unspecified atom stereocenters. The zero-order valence-corrected chi connectivity index (χ0v) is 26.1. The Kier molecular flexibility index (Phi) is 9.89. The number of carbonyl (C=O) groups excluding carboxylic acids is 4. The van der Waals surface area contributed by atoms with Crippen molar-refractivity contribution in [2.75, 3.05) is 26.4 Å². The standard InChI is InChI=1S/C38H26O12/c39-33(21-47-27-13-11-25-17-29(37(43)49-31(25)19-27)35(41)23-7-3-1-4-8-23)45-15-16-46-34(40)22-48-28-14-12-26-18-30(38(44)50-32(26)20-28)36(42)24-9-5-2-6-10-24/h1-14,17-20H,15-16,21-22H2. The maximum atomic E-state index is 12.7. The van der Waals surface area contributed by atoms with Crippen LogP contribution in [0.5, 0.6) is 11.5 Å². The number of ether oxygens (including phenoxy) is 4. The van der Waals surface area contributed by atoms with Crippen LogP contribution in [-0.4, -0.2) is 49.9 Å². The van der Waals surface area contributed by atoms with Gasteiger partial charge in [0.15, 0.2) is 24.8 Å². The molecule has 0 saturated heterocycles. The molecule has 0 fully saturated rings. The van der Waals surface area contributed by atoms with Crippen LogP contribution in [-0.2, 0) is 19.1 Å². The molecule has 250 valence electrons. The summed E-state index contributed by atoms with van der Waals surface area (Å²) in [6.07, 6.45) is 0. The molecule has 2 heterocycles. The summed E-state index contributed by atoms with van der Waals surface area (Å²) in [6.45, 7) is -1.44. The molecule has 6 rings (SSSR count). The van der Waals surface area contributed by atoms with Crippen molar-refractivity contribution in [3.8, 4) is 11.5 Å². The minimum Gasteiger partial charge on any atom is -0.482 e. The van der Waals surface area contributed by atoms with Gasteiger partial charge in [0.25, 0.3) is 0 Å². The average Bonchev–Trinajstić information content (AvgIpc) is 3.14. The van der Waals surface area contributed by atoms with Crippen LogP contribution in [0.4, 0.5) is 0 Å². The smallest absolute Gasteiger partial charge is 0.347 e. The lowest BCUT2D eigenvalue weighted by Crippen LogP contribution is -2.21. The first kappa shape index (κ1) is 33.1. The van der Waals surface area contributed by atoms with Crippen molar-refractivity contribution in [3.63, 3.8) is 0 Å². The van der Waals surface area contributed by atoms with Crippen molar-refractivity contribution in [1.29, 1.82) is 0 Å². The Morgan fingerprint density at radius 1 is 0.500 bits per heavy atom. The van der Waals surface area contributed by atoms with Crippen molar-refractivity contribution in [1.82, 2.24) is 0 Å². The molecule has 0 aliphatic rings. The van der Waals surface area contributed by atoms with E-state index in [0.29, 0.717) is 21.9 Å². The third kappa shape index (κ3) is 7.82. The van der Waals surface area contributed by atoms with E-state index in [0.717, 1.165) is 0 Å². The molecule has 6 aromatic rings. The van der Waals surface area contributed by atoms with E-state index in [1.165, 1.54) is 24.3 Å². The van der Waals surface area contributed by atoms with E-state index < -0.39 is 48.0 Å². The van der Waals surface area contributed by atoms with Crippen molar-refractivity contribution >= 4 is 45.4 Å². The van der Waals surface area contributed by atoms with Gasteiger partial charge in [0.1, 0.15) is 47.0 Å². The second kappa shape index (κ2) is 14.9. The number of hydrogen-bond acceptors (Lipinski definition) is 12. The van der Waals surface area contributed by atoms with Gasteiger partial charge in [-0.25, -0.2) is 19.2 Å². The Labute approximate surface area is 282 Å². The lowest BCUT2D eigenvalue weighted by atomic mass is 10.0. The average molecular weight is 675 g/mol. The molecule has 50 heavy (non-hydrogen) atoms. The maximum Gasteiger partial charge on any atom is 0.347 e. The van der Waals surface area contributed by atoms with Gasteiger partial charge >= 0.3 is 23.2 Å². The molecule has 0 N–H and O–H groups in total. The molecule has 0 atom stereocenters. The van der Waals surface area contributed by atoms with Gasteiger partial charge in [0.05, 0.1) is 0 Å². The normalized spacial score (nSPS) is 10.8. The molecule has 0 spiro atoms. The summed E-state index contributed by atoms with van der Waals surface area (Å²) in [5.41, 5.74) is -0.784. The molecule has 0 saturated carbocycles.